The van der Waals surface area contributed by atoms with Crippen molar-refractivity contribution in [1.82, 2.24) is 9.21 Å². The highest BCUT2D eigenvalue weighted by Crippen LogP contribution is 2.19. The molecule has 0 aliphatic carbocycles. The highest BCUT2D eigenvalue weighted by molar-refractivity contribution is 7.89. The van der Waals surface area contributed by atoms with Crippen molar-refractivity contribution in [3.63, 3.8) is 0 Å². The molecular formula is C11H25N3O4S2. The Kier molecular flexibility index (Phi) is 5.59. The van der Waals surface area contributed by atoms with Gasteiger partial charge in [-0.2, -0.15) is 4.31 Å². The van der Waals surface area contributed by atoms with E-state index in [1.54, 1.807) is 0 Å². The summed E-state index contributed by atoms with van der Waals surface area (Å²) in [6, 6.07) is 0. The lowest BCUT2D eigenvalue weighted by atomic mass is 10.0. The van der Waals surface area contributed by atoms with Gasteiger partial charge in [-0.1, -0.05) is 20.8 Å². The molecule has 1 fully saturated rings. The van der Waals surface area contributed by atoms with Crippen molar-refractivity contribution in [2.24, 2.45) is 10.6 Å². The van der Waals surface area contributed by atoms with Gasteiger partial charge in [-0.15, -0.1) is 0 Å². The predicted octanol–water partition coefficient (Wildman–Crippen LogP) is -0.732. The fraction of sp³-hybridized carbons (Fsp3) is 1.00. The average Bonchev–Trinajstić information content (AvgIpc) is 2.22. The van der Waals surface area contributed by atoms with Crippen molar-refractivity contribution in [3.05, 3.63) is 0 Å². The molecule has 9 heteroatoms. The summed E-state index contributed by atoms with van der Waals surface area (Å²) < 4.78 is 47.7. The summed E-state index contributed by atoms with van der Waals surface area (Å²) in [6.45, 7) is 7.93. The van der Waals surface area contributed by atoms with Crippen molar-refractivity contribution >= 4 is 20.0 Å². The molecule has 0 aromatic carbocycles. The molecule has 0 radical (unpaired) electrons. The Balaban J connectivity index is 2.50. The Hall–Kier alpha value is -0.220. The van der Waals surface area contributed by atoms with Gasteiger partial charge >= 0.3 is 0 Å². The summed E-state index contributed by atoms with van der Waals surface area (Å²) in [5, 5.41) is 4.96. The third-order valence-electron chi connectivity index (χ3n) is 3.03. The molecular weight excluding hydrogens is 302 g/mol. The molecule has 7 nitrogen and oxygen atoms in total. The van der Waals surface area contributed by atoms with Gasteiger partial charge in [0.25, 0.3) is 0 Å². The maximum atomic E-state index is 12.2. The molecule has 1 rings (SSSR count). The number of primary sulfonamides is 1. The van der Waals surface area contributed by atoms with Gasteiger partial charge in [0.1, 0.15) is 0 Å². The molecule has 0 spiro atoms. The van der Waals surface area contributed by atoms with E-state index in [1.165, 1.54) is 4.31 Å². The van der Waals surface area contributed by atoms with Crippen LogP contribution in [0.5, 0.6) is 0 Å². The van der Waals surface area contributed by atoms with Gasteiger partial charge in [0.15, 0.2) is 0 Å². The number of nitrogens with two attached hydrogens (primary N) is 1. The molecule has 0 aromatic rings. The first kappa shape index (κ1) is 17.8. The summed E-state index contributed by atoms with van der Waals surface area (Å²) in [6.07, 6.45) is 0. The quantitative estimate of drug-likeness (QED) is 0.717. The summed E-state index contributed by atoms with van der Waals surface area (Å²) in [7, 11) is -6.71. The molecule has 0 unspecified atom stereocenters. The second kappa shape index (κ2) is 6.27. The number of rotatable bonds is 5. The monoisotopic (exact) mass is 327 g/mol. The second-order valence-corrected chi connectivity index (χ2v) is 10.1. The lowest BCUT2D eigenvalue weighted by Crippen LogP contribution is -2.51. The van der Waals surface area contributed by atoms with E-state index in [-0.39, 0.29) is 16.9 Å². The van der Waals surface area contributed by atoms with Crippen LogP contribution >= 0.6 is 0 Å². The standard InChI is InChI=1S/C11H25N3O4S2/c1-11(2,3)10-20(17,18)14-6-4-13(5-7-14)8-9-19(12,15)16/h4-10H2,1-3H3,(H2,12,15,16). The molecule has 2 N–H and O–H groups in total. The predicted molar refractivity (Wildman–Crippen MR) is 79.2 cm³/mol. The molecule has 1 saturated heterocycles. The Bertz CT molecular complexity index is 514. The van der Waals surface area contributed by atoms with Crippen LogP contribution in [0, 0.1) is 5.41 Å². The van der Waals surface area contributed by atoms with Crippen molar-refractivity contribution in [1.29, 1.82) is 0 Å². The maximum absolute atomic E-state index is 12.2. The summed E-state index contributed by atoms with van der Waals surface area (Å²) in [4.78, 5) is 1.92. The van der Waals surface area contributed by atoms with Gasteiger partial charge < -0.3 is 0 Å². The highest BCUT2D eigenvalue weighted by atomic mass is 32.2. The van der Waals surface area contributed by atoms with Crippen molar-refractivity contribution < 1.29 is 16.8 Å². The Morgan fingerprint density at radius 2 is 1.50 bits per heavy atom. The minimum Gasteiger partial charge on any atom is -0.300 e. The lowest BCUT2D eigenvalue weighted by molar-refractivity contribution is 0.196. The first-order valence-corrected chi connectivity index (χ1v) is 9.92. The van der Waals surface area contributed by atoms with Crippen LogP contribution in [0.4, 0.5) is 0 Å². The van der Waals surface area contributed by atoms with Crippen LogP contribution in [-0.2, 0) is 20.0 Å². The van der Waals surface area contributed by atoms with Crippen LogP contribution in [0.25, 0.3) is 0 Å². The van der Waals surface area contributed by atoms with E-state index in [4.69, 9.17) is 5.14 Å². The minimum absolute atomic E-state index is 0.0955. The minimum atomic E-state index is -3.46. The van der Waals surface area contributed by atoms with Crippen LogP contribution in [0.15, 0.2) is 0 Å². The van der Waals surface area contributed by atoms with E-state index >= 15 is 0 Å². The van der Waals surface area contributed by atoms with E-state index in [0.29, 0.717) is 32.7 Å². The van der Waals surface area contributed by atoms with E-state index in [0.717, 1.165) is 0 Å². The zero-order valence-corrected chi connectivity index (χ0v) is 14.0. The average molecular weight is 327 g/mol. The number of hydrogen-bond donors (Lipinski definition) is 1. The van der Waals surface area contributed by atoms with Gasteiger partial charge in [0.2, 0.25) is 20.0 Å². The normalized spacial score (nSPS) is 20.2. The van der Waals surface area contributed by atoms with Gasteiger partial charge in [-0.3, -0.25) is 4.90 Å². The summed E-state index contributed by atoms with van der Waals surface area (Å²) in [5.74, 6) is 0.0267. The molecule has 1 aliphatic heterocycles. The van der Waals surface area contributed by atoms with Crippen molar-refractivity contribution in [2.45, 2.75) is 20.8 Å². The molecule has 0 aromatic heterocycles. The van der Waals surface area contributed by atoms with Gasteiger partial charge in [-0.25, -0.2) is 22.0 Å². The SMILES string of the molecule is CC(C)(C)CS(=O)(=O)N1CCN(CCS(N)(=O)=O)CC1. The van der Waals surface area contributed by atoms with E-state index in [2.05, 4.69) is 0 Å². The molecule has 120 valence electrons. The molecule has 1 aliphatic rings. The van der Waals surface area contributed by atoms with E-state index in [1.807, 2.05) is 25.7 Å². The van der Waals surface area contributed by atoms with Gasteiger partial charge in [-0.05, 0) is 5.41 Å². The molecule has 0 amide bonds. The molecule has 20 heavy (non-hydrogen) atoms. The Labute approximate surface area is 122 Å². The lowest BCUT2D eigenvalue weighted by Gasteiger charge is -2.35. The summed E-state index contributed by atoms with van der Waals surface area (Å²) in [5.41, 5.74) is -0.274. The van der Waals surface area contributed by atoms with Gasteiger partial charge in [0, 0.05) is 32.7 Å². The first-order valence-electron chi connectivity index (χ1n) is 6.60. The topological polar surface area (TPSA) is 101 Å². The fourth-order valence-electron chi connectivity index (χ4n) is 2.13. The van der Waals surface area contributed by atoms with E-state index < -0.39 is 20.0 Å². The van der Waals surface area contributed by atoms with Crippen molar-refractivity contribution in [3.8, 4) is 0 Å². The second-order valence-electron chi connectivity index (χ2n) is 6.42. The molecule has 0 saturated carbocycles. The Morgan fingerprint density at radius 1 is 1.00 bits per heavy atom. The molecule has 0 atom stereocenters. The zero-order valence-electron chi connectivity index (χ0n) is 12.4. The van der Waals surface area contributed by atoms with Gasteiger partial charge in [0.05, 0.1) is 11.5 Å². The summed E-state index contributed by atoms with van der Waals surface area (Å²) >= 11 is 0. The number of sulfonamides is 2. The Morgan fingerprint density at radius 3 is 1.90 bits per heavy atom. The number of piperazine rings is 1. The smallest absolute Gasteiger partial charge is 0.214 e. The van der Waals surface area contributed by atoms with Crippen LogP contribution in [-0.4, -0.2) is 70.3 Å². The number of nitrogens with zero attached hydrogens (tertiary/aromatic N) is 2. The third-order valence-corrected chi connectivity index (χ3v) is 6.17. The van der Waals surface area contributed by atoms with Crippen LogP contribution in [0.1, 0.15) is 20.8 Å². The maximum Gasteiger partial charge on any atom is 0.214 e. The molecule has 0 bridgehead atoms. The largest absolute Gasteiger partial charge is 0.300 e. The highest BCUT2D eigenvalue weighted by Gasteiger charge is 2.30. The zero-order chi connectivity index (χ0) is 15.6. The van der Waals surface area contributed by atoms with Crippen LogP contribution < -0.4 is 5.14 Å². The molecule has 1 heterocycles. The van der Waals surface area contributed by atoms with Crippen LogP contribution in [0.3, 0.4) is 0 Å². The fourth-order valence-corrected chi connectivity index (χ4v) is 4.64. The van der Waals surface area contributed by atoms with E-state index in [9.17, 15) is 16.8 Å². The number of hydrogen-bond acceptors (Lipinski definition) is 5. The third kappa shape index (κ3) is 6.49. The first-order chi connectivity index (χ1) is 8.89. The van der Waals surface area contributed by atoms with Crippen molar-refractivity contribution in [2.75, 3.05) is 44.2 Å². The van der Waals surface area contributed by atoms with Crippen LogP contribution in [0.2, 0.25) is 0 Å².